The van der Waals surface area contributed by atoms with E-state index in [1.807, 2.05) is 0 Å². The number of nitro groups is 1. The maximum absolute atomic E-state index is 12.9. The lowest BCUT2D eigenvalue weighted by atomic mass is 10.1. The van der Waals surface area contributed by atoms with Gasteiger partial charge in [0.25, 0.3) is 11.6 Å². The van der Waals surface area contributed by atoms with Crippen LogP contribution < -0.4 is 5.32 Å². The highest BCUT2D eigenvalue weighted by Gasteiger charge is 2.20. The molecule has 1 aromatic rings. The van der Waals surface area contributed by atoms with Gasteiger partial charge in [0.15, 0.2) is 0 Å². The number of hydrogen-bond donors (Lipinski definition) is 1. The van der Waals surface area contributed by atoms with Gasteiger partial charge in [-0.1, -0.05) is 0 Å². The van der Waals surface area contributed by atoms with Crippen LogP contribution in [0.4, 0.5) is 10.1 Å². The number of rotatable bonds is 8. The van der Waals surface area contributed by atoms with E-state index in [0.717, 1.165) is 18.2 Å². The van der Waals surface area contributed by atoms with Crippen molar-refractivity contribution >= 4 is 23.2 Å². The summed E-state index contributed by atoms with van der Waals surface area (Å²) in [5.41, 5.74) is -0.723. The number of ether oxygens (including phenoxy) is 1. The van der Waals surface area contributed by atoms with Crippen LogP contribution in [0.2, 0.25) is 0 Å². The normalized spacial score (nSPS) is 10.3. The Labute approximate surface area is 120 Å². The van der Waals surface area contributed by atoms with Crippen molar-refractivity contribution in [2.24, 2.45) is 0 Å². The van der Waals surface area contributed by atoms with Gasteiger partial charge < -0.3 is 10.1 Å². The summed E-state index contributed by atoms with van der Waals surface area (Å²) in [5.74, 6) is -0.981. The smallest absolute Gasteiger partial charge is 0.285 e. The second kappa shape index (κ2) is 8.44. The Bertz CT molecular complexity index is 485. The predicted octanol–water partition coefficient (Wildman–Crippen LogP) is 2.11. The molecule has 0 saturated carbocycles. The van der Waals surface area contributed by atoms with E-state index in [9.17, 15) is 19.3 Å². The molecule has 0 atom stereocenters. The van der Waals surface area contributed by atoms with Crippen molar-refractivity contribution in [3.63, 3.8) is 0 Å². The molecular weight excluding hydrogens is 291 g/mol. The van der Waals surface area contributed by atoms with Crippen LogP contribution in [-0.4, -0.2) is 36.5 Å². The maximum atomic E-state index is 12.9. The largest absolute Gasteiger partial charge is 0.380 e. The molecule has 0 bridgehead atoms. The first-order valence-corrected chi connectivity index (χ1v) is 6.45. The van der Waals surface area contributed by atoms with E-state index in [1.165, 1.54) is 0 Å². The molecule has 1 aromatic carbocycles. The fourth-order valence-electron chi connectivity index (χ4n) is 1.48. The Morgan fingerprint density at radius 3 is 2.85 bits per heavy atom. The number of carbonyl (C=O) groups excluding carboxylic acids is 1. The van der Waals surface area contributed by atoms with Gasteiger partial charge in [-0.2, -0.15) is 0 Å². The highest BCUT2D eigenvalue weighted by Crippen LogP contribution is 2.19. The lowest BCUT2D eigenvalue weighted by molar-refractivity contribution is -0.385. The van der Waals surface area contributed by atoms with Gasteiger partial charge in [0.2, 0.25) is 0 Å². The molecule has 110 valence electrons. The highest BCUT2D eigenvalue weighted by molar-refractivity contribution is 6.17. The second-order valence-electron chi connectivity index (χ2n) is 3.83. The molecule has 0 fully saturated rings. The highest BCUT2D eigenvalue weighted by atomic mass is 35.5. The number of nitrogens with one attached hydrogen (secondary N) is 1. The molecular formula is C12H14ClFN2O4. The van der Waals surface area contributed by atoms with Crippen LogP contribution in [0.3, 0.4) is 0 Å². The quantitative estimate of drug-likeness (QED) is 0.345. The summed E-state index contributed by atoms with van der Waals surface area (Å²) >= 11 is 5.42. The molecule has 8 heteroatoms. The van der Waals surface area contributed by atoms with E-state index in [-0.39, 0.29) is 5.56 Å². The summed E-state index contributed by atoms with van der Waals surface area (Å²) in [6, 6.07) is 2.82. The third-order valence-electron chi connectivity index (χ3n) is 2.37. The monoisotopic (exact) mass is 304 g/mol. The van der Waals surface area contributed by atoms with Crippen LogP contribution in [0.1, 0.15) is 16.8 Å². The van der Waals surface area contributed by atoms with Crippen LogP contribution in [0.15, 0.2) is 18.2 Å². The maximum Gasteiger partial charge on any atom is 0.285 e. The molecule has 0 saturated heterocycles. The van der Waals surface area contributed by atoms with Gasteiger partial charge in [-0.25, -0.2) is 4.39 Å². The van der Waals surface area contributed by atoms with E-state index < -0.39 is 22.3 Å². The average Bonchev–Trinajstić information content (AvgIpc) is 2.42. The van der Waals surface area contributed by atoms with Gasteiger partial charge in [-0.05, 0) is 18.6 Å². The van der Waals surface area contributed by atoms with Crippen molar-refractivity contribution in [3.05, 3.63) is 39.7 Å². The van der Waals surface area contributed by atoms with Gasteiger partial charge in [0, 0.05) is 19.0 Å². The summed E-state index contributed by atoms with van der Waals surface area (Å²) in [5, 5.41) is 13.3. The Morgan fingerprint density at radius 2 is 2.20 bits per heavy atom. The summed E-state index contributed by atoms with van der Waals surface area (Å²) in [7, 11) is 0. The topological polar surface area (TPSA) is 81.5 Å². The molecule has 0 radical (unpaired) electrons. The summed E-state index contributed by atoms with van der Waals surface area (Å²) in [6.07, 6.45) is 0.553. The van der Waals surface area contributed by atoms with Gasteiger partial charge in [-0.15, -0.1) is 11.6 Å². The number of nitro benzene ring substituents is 1. The van der Waals surface area contributed by atoms with Gasteiger partial charge >= 0.3 is 0 Å². The fraction of sp³-hybridized carbons (Fsp3) is 0.417. The summed E-state index contributed by atoms with van der Waals surface area (Å²) in [4.78, 5) is 21.7. The molecule has 0 heterocycles. The van der Waals surface area contributed by atoms with Gasteiger partial charge in [0.05, 0.1) is 17.6 Å². The Morgan fingerprint density at radius 1 is 1.45 bits per heavy atom. The third-order valence-corrected chi connectivity index (χ3v) is 2.53. The van der Waals surface area contributed by atoms with Crippen LogP contribution in [-0.2, 0) is 4.74 Å². The molecule has 6 nitrogen and oxygen atoms in total. The molecule has 0 aromatic heterocycles. The standard InChI is InChI=1S/C12H14ClFN2O4/c13-4-7-20-6-1-5-15-12(17)10-3-2-9(14)8-11(10)16(18)19/h2-3,8H,1,4-7H2,(H,15,17). The summed E-state index contributed by atoms with van der Waals surface area (Å²) < 4.78 is 18.0. The molecule has 0 aliphatic heterocycles. The van der Waals surface area contributed by atoms with Crippen LogP contribution in [0.25, 0.3) is 0 Å². The van der Waals surface area contributed by atoms with Crippen molar-refractivity contribution in [2.75, 3.05) is 25.6 Å². The minimum Gasteiger partial charge on any atom is -0.380 e. The number of amides is 1. The van der Waals surface area contributed by atoms with Crippen molar-refractivity contribution in [1.82, 2.24) is 5.32 Å². The number of hydrogen-bond acceptors (Lipinski definition) is 4. The van der Waals surface area contributed by atoms with Crippen LogP contribution >= 0.6 is 11.6 Å². The lowest BCUT2D eigenvalue weighted by Crippen LogP contribution is -2.26. The molecule has 1 rings (SSSR count). The predicted molar refractivity (Wildman–Crippen MR) is 71.5 cm³/mol. The number of halogens is 2. The average molecular weight is 305 g/mol. The van der Waals surface area contributed by atoms with Crippen molar-refractivity contribution in [3.8, 4) is 0 Å². The number of alkyl halides is 1. The van der Waals surface area contributed by atoms with Crippen LogP contribution in [0.5, 0.6) is 0 Å². The molecule has 0 aliphatic rings. The van der Waals surface area contributed by atoms with Crippen molar-refractivity contribution < 1.29 is 18.8 Å². The first-order chi connectivity index (χ1) is 9.56. The number of nitrogens with zero attached hydrogens (tertiary/aromatic N) is 1. The minimum absolute atomic E-state index is 0.168. The Hall–Kier alpha value is -1.73. The zero-order valence-corrected chi connectivity index (χ0v) is 11.4. The Kier molecular flexibility index (Phi) is 6.89. The Balaban J connectivity index is 2.53. The molecule has 1 amide bonds. The second-order valence-corrected chi connectivity index (χ2v) is 4.21. The van der Waals surface area contributed by atoms with E-state index in [4.69, 9.17) is 16.3 Å². The van der Waals surface area contributed by atoms with Crippen LogP contribution in [0, 0.1) is 15.9 Å². The molecule has 1 N–H and O–H groups in total. The van der Waals surface area contributed by atoms with Gasteiger partial charge in [-0.3, -0.25) is 14.9 Å². The van der Waals surface area contributed by atoms with E-state index in [1.54, 1.807) is 0 Å². The first kappa shape index (κ1) is 16.3. The molecule has 0 unspecified atom stereocenters. The minimum atomic E-state index is -0.790. The third kappa shape index (κ3) is 5.10. The number of carbonyl (C=O) groups is 1. The first-order valence-electron chi connectivity index (χ1n) is 5.92. The zero-order chi connectivity index (χ0) is 15.0. The van der Waals surface area contributed by atoms with Crippen molar-refractivity contribution in [2.45, 2.75) is 6.42 Å². The van der Waals surface area contributed by atoms with Crippen molar-refractivity contribution in [1.29, 1.82) is 0 Å². The van der Waals surface area contributed by atoms with E-state index in [0.29, 0.717) is 32.1 Å². The number of benzene rings is 1. The van der Waals surface area contributed by atoms with E-state index >= 15 is 0 Å². The SMILES string of the molecule is O=C(NCCCOCCCl)c1ccc(F)cc1[N+](=O)[O-]. The fourth-order valence-corrected chi connectivity index (χ4v) is 1.58. The lowest BCUT2D eigenvalue weighted by Gasteiger charge is -2.06. The zero-order valence-electron chi connectivity index (χ0n) is 10.6. The van der Waals surface area contributed by atoms with E-state index in [2.05, 4.69) is 5.32 Å². The summed E-state index contributed by atoms with van der Waals surface area (Å²) in [6.45, 7) is 1.16. The molecule has 20 heavy (non-hydrogen) atoms. The van der Waals surface area contributed by atoms with Gasteiger partial charge in [0.1, 0.15) is 11.4 Å². The molecule has 0 aliphatic carbocycles. The molecule has 0 spiro atoms.